The Kier molecular flexibility index (Phi) is 5.48. The van der Waals surface area contributed by atoms with Crippen LogP contribution in [-0.2, 0) is 16.4 Å². The second-order valence-electron chi connectivity index (χ2n) is 5.86. The first-order valence-corrected chi connectivity index (χ1v) is 9.88. The molecule has 3 aromatic rings. The van der Waals surface area contributed by atoms with Crippen molar-refractivity contribution in [1.29, 1.82) is 0 Å². The number of aromatic carboxylic acids is 1. The largest absolute Gasteiger partial charge is 0.545 e. The lowest BCUT2D eigenvalue weighted by Gasteiger charge is -2.14. The zero-order valence-electron chi connectivity index (χ0n) is 14.1. The van der Waals surface area contributed by atoms with Gasteiger partial charge in [-0.2, -0.15) is 0 Å². The molecule has 0 spiro atoms. The van der Waals surface area contributed by atoms with Gasteiger partial charge in [0, 0.05) is 0 Å². The standard InChI is InChI=1S/C20H16ClNO4S/c21-17-11-10-16(20(23)24)13-19(17)27(25,26)22-18-9-5-4-8-15(18)12-14-6-2-1-3-7-14/h1-11,13,22H,12H2,(H,23,24)/p-1. The molecule has 0 fully saturated rings. The van der Waals surface area contributed by atoms with Crippen molar-refractivity contribution in [3.8, 4) is 0 Å². The fourth-order valence-corrected chi connectivity index (χ4v) is 4.25. The van der Waals surface area contributed by atoms with E-state index in [0.29, 0.717) is 12.1 Å². The van der Waals surface area contributed by atoms with Crippen molar-refractivity contribution in [2.75, 3.05) is 4.72 Å². The molecule has 3 rings (SSSR count). The highest BCUT2D eigenvalue weighted by atomic mass is 35.5. The van der Waals surface area contributed by atoms with Gasteiger partial charge in [-0.3, -0.25) is 4.72 Å². The minimum absolute atomic E-state index is 0.0759. The van der Waals surface area contributed by atoms with Gasteiger partial charge in [0.15, 0.2) is 0 Å². The van der Waals surface area contributed by atoms with Crippen molar-refractivity contribution in [1.82, 2.24) is 0 Å². The number of carboxylic acid groups (broad SMARTS) is 1. The first-order valence-electron chi connectivity index (χ1n) is 8.02. The van der Waals surface area contributed by atoms with E-state index in [0.717, 1.165) is 17.2 Å². The molecule has 0 saturated heterocycles. The third-order valence-electron chi connectivity index (χ3n) is 3.96. The van der Waals surface area contributed by atoms with Crippen LogP contribution < -0.4 is 9.83 Å². The van der Waals surface area contributed by atoms with Crippen LogP contribution in [0.2, 0.25) is 5.02 Å². The number of rotatable bonds is 6. The lowest BCUT2D eigenvalue weighted by atomic mass is 10.0. The number of nitrogens with one attached hydrogen (secondary N) is 1. The number of benzene rings is 3. The summed E-state index contributed by atoms with van der Waals surface area (Å²) in [7, 11) is -4.09. The molecule has 0 unspecified atom stereocenters. The highest BCUT2D eigenvalue weighted by Gasteiger charge is 2.20. The number of carboxylic acids is 1. The maximum absolute atomic E-state index is 12.8. The lowest BCUT2D eigenvalue weighted by Crippen LogP contribution is -2.23. The van der Waals surface area contributed by atoms with Crippen molar-refractivity contribution < 1.29 is 18.3 Å². The highest BCUT2D eigenvalue weighted by molar-refractivity contribution is 7.92. The average molecular weight is 401 g/mol. The Morgan fingerprint density at radius 1 is 0.963 bits per heavy atom. The number of carbonyl (C=O) groups excluding carboxylic acids is 1. The first-order chi connectivity index (χ1) is 12.9. The van der Waals surface area contributed by atoms with Gasteiger partial charge in [-0.1, -0.05) is 66.2 Å². The van der Waals surface area contributed by atoms with Crippen molar-refractivity contribution >= 4 is 33.3 Å². The van der Waals surface area contributed by atoms with Crippen LogP contribution in [0, 0.1) is 0 Å². The fourth-order valence-electron chi connectivity index (χ4n) is 2.63. The summed E-state index contributed by atoms with van der Waals surface area (Å²) < 4.78 is 28.1. The second kappa shape index (κ2) is 7.82. The van der Waals surface area contributed by atoms with E-state index in [2.05, 4.69) is 4.72 Å². The van der Waals surface area contributed by atoms with Crippen molar-refractivity contribution in [2.24, 2.45) is 0 Å². The molecule has 0 bridgehead atoms. The van der Waals surface area contributed by atoms with E-state index in [1.54, 1.807) is 12.1 Å². The average Bonchev–Trinajstić information content (AvgIpc) is 2.64. The Labute approximate surface area is 162 Å². The van der Waals surface area contributed by atoms with E-state index in [-0.39, 0.29) is 15.5 Å². The number of anilines is 1. The van der Waals surface area contributed by atoms with Gasteiger partial charge in [0.2, 0.25) is 0 Å². The minimum atomic E-state index is -4.09. The first kappa shape index (κ1) is 18.9. The lowest BCUT2D eigenvalue weighted by molar-refractivity contribution is -0.255. The van der Waals surface area contributed by atoms with E-state index in [4.69, 9.17) is 11.6 Å². The molecule has 0 aromatic heterocycles. The summed E-state index contributed by atoms with van der Waals surface area (Å²) in [6.07, 6.45) is 0.534. The summed E-state index contributed by atoms with van der Waals surface area (Å²) >= 11 is 5.99. The fraction of sp³-hybridized carbons (Fsp3) is 0.0500. The molecule has 0 heterocycles. The number of halogens is 1. The van der Waals surface area contributed by atoms with Gasteiger partial charge < -0.3 is 9.90 Å². The van der Waals surface area contributed by atoms with E-state index >= 15 is 0 Å². The van der Waals surface area contributed by atoms with Gasteiger partial charge in [0.1, 0.15) is 4.90 Å². The van der Waals surface area contributed by atoms with Gasteiger partial charge in [-0.15, -0.1) is 0 Å². The topological polar surface area (TPSA) is 86.3 Å². The number of hydrogen-bond donors (Lipinski definition) is 1. The number of hydrogen-bond acceptors (Lipinski definition) is 4. The predicted octanol–water partition coefficient (Wildman–Crippen LogP) is 3.10. The summed E-state index contributed by atoms with van der Waals surface area (Å²) in [4.78, 5) is 10.7. The Balaban J connectivity index is 1.96. The monoisotopic (exact) mass is 400 g/mol. The molecule has 0 saturated carbocycles. The maximum Gasteiger partial charge on any atom is 0.263 e. The van der Waals surface area contributed by atoms with Crippen LogP contribution in [0.4, 0.5) is 5.69 Å². The van der Waals surface area contributed by atoms with Crippen LogP contribution in [0.5, 0.6) is 0 Å². The number of para-hydroxylation sites is 1. The van der Waals surface area contributed by atoms with Crippen molar-refractivity contribution in [3.63, 3.8) is 0 Å². The van der Waals surface area contributed by atoms with Crippen LogP contribution in [0.15, 0.2) is 77.7 Å². The molecular weight excluding hydrogens is 386 g/mol. The second-order valence-corrected chi connectivity index (χ2v) is 7.92. The third-order valence-corrected chi connectivity index (χ3v) is 5.80. The van der Waals surface area contributed by atoms with E-state index in [9.17, 15) is 18.3 Å². The van der Waals surface area contributed by atoms with E-state index < -0.39 is 16.0 Å². The quantitative estimate of drug-likeness (QED) is 0.688. The SMILES string of the molecule is O=C([O-])c1ccc(Cl)c(S(=O)(=O)Nc2ccccc2Cc2ccccc2)c1. The molecule has 0 aliphatic carbocycles. The summed E-state index contributed by atoms with van der Waals surface area (Å²) in [5, 5.41) is 11.0. The molecule has 7 heteroatoms. The van der Waals surface area contributed by atoms with E-state index in [1.165, 1.54) is 12.1 Å². The number of sulfonamides is 1. The molecule has 0 aliphatic heterocycles. The molecule has 1 N–H and O–H groups in total. The minimum Gasteiger partial charge on any atom is -0.545 e. The molecule has 0 amide bonds. The van der Waals surface area contributed by atoms with Gasteiger partial charge in [-0.25, -0.2) is 8.42 Å². The maximum atomic E-state index is 12.8. The molecule has 3 aromatic carbocycles. The Morgan fingerprint density at radius 3 is 2.33 bits per heavy atom. The molecule has 27 heavy (non-hydrogen) atoms. The molecular formula is C20H15ClNO4S-. The molecule has 0 aliphatic rings. The third kappa shape index (κ3) is 4.48. The summed E-state index contributed by atoms with van der Waals surface area (Å²) in [6, 6.07) is 20.0. The molecule has 138 valence electrons. The van der Waals surface area contributed by atoms with Crippen LogP contribution in [0.3, 0.4) is 0 Å². The Morgan fingerprint density at radius 2 is 1.63 bits per heavy atom. The van der Waals surface area contributed by atoms with Crippen LogP contribution >= 0.6 is 11.6 Å². The van der Waals surface area contributed by atoms with E-state index in [1.807, 2.05) is 42.5 Å². The summed E-state index contributed by atoms with van der Waals surface area (Å²) in [5.74, 6) is -1.48. The normalized spacial score (nSPS) is 11.1. The van der Waals surface area contributed by atoms with Crippen LogP contribution in [-0.4, -0.2) is 14.4 Å². The number of carbonyl (C=O) groups is 1. The van der Waals surface area contributed by atoms with Gasteiger partial charge in [0.25, 0.3) is 10.0 Å². The van der Waals surface area contributed by atoms with Crippen LogP contribution in [0.25, 0.3) is 0 Å². The Bertz CT molecular complexity index is 1080. The smallest absolute Gasteiger partial charge is 0.263 e. The zero-order valence-corrected chi connectivity index (χ0v) is 15.6. The van der Waals surface area contributed by atoms with Crippen molar-refractivity contribution in [2.45, 2.75) is 11.3 Å². The zero-order chi connectivity index (χ0) is 19.4. The summed E-state index contributed by atoms with van der Waals surface area (Å²) in [6.45, 7) is 0. The van der Waals surface area contributed by atoms with Crippen LogP contribution in [0.1, 0.15) is 21.5 Å². The van der Waals surface area contributed by atoms with Gasteiger partial charge in [-0.05, 0) is 41.3 Å². The van der Waals surface area contributed by atoms with Crippen molar-refractivity contribution in [3.05, 3.63) is 94.5 Å². The van der Waals surface area contributed by atoms with Gasteiger partial charge >= 0.3 is 0 Å². The molecule has 0 radical (unpaired) electrons. The van der Waals surface area contributed by atoms with Gasteiger partial charge in [0.05, 0.1) is 16.7 Å². The molecule has 0 atom stereocenters. The summed E-state index contributed by atoms with van der Waals surface area (Å²) in [5.41, 5.74) is 1.94. The Hall–Kier alpha value is -2.83. The highest BCUT2D eigenvalue weighted by Crippen LogP contribution is 2.27. The predicted molar refractivity (Wildman–Crippen MR) is 102 cm³/mol. The molecule has 5 nitrogen and oxygen atoms in total.